The van der Waals surface area contributed by atoms with Crippen LogP contribution in [0, 0.1) is 0 Å². The zero-order chi connectivity index (χ0) is 14.3. The maximum Gasteiger partial charge on any atom is 0.0236 e. The molecule has 0 amide bonds. The van der Waals surface area contributed by atoms with Gasteiger partial charge in [-0.05, 0) is 43.4 Å². The summed E-state index contributed by atoms with van der Waals surface area (Å²) in [6, 6.07) is 21.0. The Morgan fingerprint density at radius 3 is 1.60 bits per heavy atom. The van der Waals surface area contributed by atoms with Gasteiger partial charge in [-0.3, -0.25) is 0 Å². The van der Waals surface area contributed by atoms with Gasteiger partial charge in [-0.15, -0.1) is 0 Å². The summed E-state index contributed by atoms with van der Waals surface area (Å²) in [5.41, 5.74) is 14.7. The zero-order valence-corrected chi connectivity index (χ0v) is 12.0. The van der Waals surface area contributed by atoms with Crippen molar-refractivity contribution < 1.29 is 0 Å². The molecule has 0 fully saturated rings. The van der Waals surface area contributed by atoms with Crippen molar-refractivity contribution in [3.05, 3.63) is 71.8 Å². The topological polar surface area (TPSA) is 52.0 Å². The minimum Gasteiger partial charge on any atom is -0.330 e. The van der Waals surface area contributed by atoms with Crippen molar-refractivity contribution in [3.8, 4) is 0 Å². The SMILES string of the molecule is NCCCC(N)(Cc1ccccc1)Cc1ccccc1. The first-order chi connectivity index (χ1) is 9.72. The molecule has 0 aromatic heterocycles. The maximum absolute atomic E-state index is 6.69. The van der Waals surface area contributed by atoms with E-state index >= 15 is 0 Å². The Balaban J connectivity index is 2.12. The van der Waals surface area contributed by atoms with Gasteiger partial charge in [0.1, 0.15) is 0 Å². The summed E-state index contributed by atoms with van der Waals surface area (Å²) in [5.74, 6) is 0. The van der Waals surface area contributed by atoms with Gasteiger partial charge in [0, 0.05) is 5.54 Å². The third-order valence-electron chi connectivity index (χ3n) is 3.68. The summed E-state index contributed by atoms with van der Waals surface area (Å²) in [6.07, 6.45) is 3.70. The van der Waals surface area contributed by atoms with Crippen molar-refractivity contribution in [1.29, 1.82) is 0 Å². The Bertz CT molecular complexity index is 452. The van der Waals surface area contributed by atoms with Crippen molar-refractivity contribution in [3.63, 3.8) is 0 Å². The maximum atomic E-state index is 6.69. The first-order valence-electron chi connectivity index (χ1n) is 7.29. The summed E-state index contributed by atoms with van der Waals surface area (Å²) in [4.78, 5) is 0. The lowest BCUT2D eigenvalue weighted by atomic mass is 9.82. The van der Waals surface area contributed by atoms with E-state index in [0.29, 0.717) is 6.54 Å². The van der Waals surface area contributed by atoms with E-state index in [1.54, 1.807) is 0 Å². The molecular weight excluding hydrogens is 244 g/mol. The van der Waals surface area contributed by atoms with Crippen LogP contribution in [0.5, 0.6) is 0 Å². The normalized spacial score (nSPS) is 11.5. The first-order valence-corrected chi connectivity index (χ1v) is 7.29. The molecule has 0 atom stereocenters. The van der Waals surface area contributed by atoms with E-state index in [1.807, 2.05) is 12.1 Å². The van der Waals surface area contributed by atoms with E-state index in [-0.39, 0.29) is 5.54 Å². The average Bonchev–Trinajstić information content (AvgIpc) is 2.47. The Labute approximate surface area is 121 Å². The minimum absolute atomic E-state index is 0.220. The number of nitrogens with two attached hydrogens (primary N) is 2. The van der Waals surface area contributed by atoms with Crippen molar-refractivity contribution in [1.82, 2.24) is 0 Å². The lowest BCUT2D eigenvalue weighted by Gasteiger charge is -2.30. The highest BCUT2D eigenvalue weighted by atomic mass is 14.7. The van der Waals surface area contributed by atoms with Crippen molar-refractivity contribution in [2.45, 2.75) is 31.2 Å². The van der Waals surface area contributed by atoms with E-state index < -0.39 is 0 Å². The highest BCUT2D eigenvalue weighted by Crippen LogP contribution is 2.21. The highest BCUT2D eigenvalue weighted by Gasteiger charge is 2.25. The van der Waals surface area contributed by atoms with E-state index in [4.69, 9.17) is 11.5 Å². The number of hydrogen-bond acceptors (Lipinski definition) is 2. The smallest absolute Gasteiger partial charge is 0.0236 e. The van der Waals surface area contributed by atoms with Crippen LogP contribution in [0.15, 0.2) is 60.7 Å². The van der Waals surface area contributed by atoms with Gasteiger partial charge < -0.3 is 11.5 Å². The second-order valence-corrected chi connectivity index (χ2v) is 5.58. The number of hydrogen-bond donors (Lipinski definition) is 2. The van der Waals surface area contributed by atoms with Gasteiger partial charge in [0.15, 0.2) is 0 Å². The van der Waals surface area contributed by atoms with Gasteiger partial charge in [0.25, 0.3) is 0 Å². The highest BCUT2D eigenvalue weighted by molar-refractivity contribution is 5.22. The third-order valence-corrected chi connectivity index (χ3v) is 3.68. The predicted octanol–water partition coefficient (Wildman–Crippen LogP) is 2.91. The molecule has 2 rings (SSSR count). The van der Waals surface area contributed by atoms with Crippen LogP contribution in [0.2, 0.25) is 0 Å². The molecular formula is C18H24N2. The van der Waals surface area contributed by atoms with Gasteiger partial charge in [-0.2, -0.15) is 0 Å². The Kier molecular flexibility index (Phi) is 5.33. The van der Waals surface area contributed by atoms with Crippen LogP contribution in [-0.4, -0.2) is 12.1 Å². The summed E-state index contributed by atoms with van der Waals surface area (Å²) in [6.45, 7) is 0.697. The van der Waals surface area contributed by atoms with Gasteiger partial charge >= 0.3 is 0 Å². The molecule has 0 heterocycles. The molecule has 2 aromatic rings. The quantitative estimate of drug-likeness (QED) is 0.811. The lowest BCUT2D eigenvalue weighted by Crippen LogP contribution is -2.44. The van der Waals surface area contributed by atoms with Crippen molar-refractivity contribution in [2.75, 3.05) is 6.54 Å². The van der Waals surface area contributed by atoms with Crippen molar-refractivity contribution in [2.24, 2.45) is 11.5 Å². The van der Waals surface area contributed by atoms with Crippen LogP contribution in [0.1, 0.15) is 24.0 Å². The Hall–Kier alpha value is -1.64. The van der Waals surface area contributed by atoms with E-state index in [2.05, 4.69) is 48.5 Å². The molecule has 0 bridgehead atoms. The van der Waals surface area contributed by atoms with E-state index in [1.165, 1.54) is 11.1 Å². The van der Waals surface area contributed by atoms with Crippen LogP contribution in [0.25, 0.3) is 0 Å². The van der Waals surface area contributed by atoms with E-state index in [0.717, 1.165) is 25.7 Å². The second-order valence-electron chi connectivity index (χ2n) is 5.58. The molecule has 0 saturated carbocycles. The molecule has 0 radical (unpaired) electrons. The first kappa shape index (κ1) is 14.8. The molecule has 2 aromatic carbocycles. The van der Waals surface area contributed by atoms with E-state index in [9.17, 15) is 0 Å². The van der Waals surface area contributed by atoms with Gasteiger partial charge in [-0.25, -0.2) is 0 Å². The molecule has 2 heteroatoms. The molecule has 0 spiro atoms. The van der Waals surface area contributed by atoms with Crippen LogP contribution < -0.4 is 11.5 Å². The summed E-state index contributed by atoms with van der Waals surface area (Å²) in [7, 11) is 0. The largest absolute Gasteiger partial charge is 0.330 e. The van der Waals surface area contributed by atoms with Gasteiger partial charge in [0.05, 0.1) is 0 Å². The average molecular weight is 268 g/mol. The third kappa shape index (κ3) is 4.48. The lowest BCUT2D eigenvalue weighted by molar-refractivity contribution is 0.378. The fraction of sp³-hybridized carbons (Fsp3) is 0.333. The number of benzene rings is 2. The summed E-state index contributed by atoms with van der Waals surface area (Å²) < 4.78 is 0. The monoisotopic (exact) mass is 268 g/mol. The Morgan fingerprint density at radius 1 is 0.750 bits per heavy atom. The van der Waals surface area contributed by atoms with Crippen LogP contribution in [0.4, 0.5) is 0 Å². The van der Waals surface area contributed by atoms with Crippen molar-refractivity contribution >= 4 is 0 Å². The molecule has 106 valence electrons. The molecule has 0 aliphatic heterocycles. The molecule has 0 aliphatic carbocycles. The predicted molar refractivity (Wildman–Crippen MR) is 85.5 cm³/mol. The summed E-state index contributed by atoms with van der Waals surface area (Å²) >= 11 is 0. The van der Waals surface area contributed by atoms with Gasteiger partial charge in [-0.1, -0.05) is 60.7 Å². The molecule has 2 nitrogen and oxygen atoms in total. The fourth-order valence-corrected chi connectivity index (χ4v) is 2.70. The summed E-state index contributed by atoms with van der Waals surface area (Å²) in [5, 5.41) is 0. The van der Waals surface area contributed by atoms with Crippen LogP contribution in [0.3, 0.4) is 0 Å². The van der Waals surface area contributed by atoms with Gasteiger partial charge in [0.2, 0.25) is 0 Å². The zero-order valence-electron chi connectivity index (χ0n) is 12.0. The molecule has 0 aliphatic rings. The minimum atomic E-state index is -0.220. The molecule has 0 saturated heterocycles. The Morgan fingerprint density at radius 2 is 1.20 bits per heavy atom. The van der Waals surface area contributed by atoms with Crippen LogP contribution in [-0.2, 0) is 12.8 Å². The second kappa shape index (κ2) is 7.22. The number of rotatable bonds is 7. The molecule has 0 unspecified atom stereocenters. The van der Waals surface area contributed by atoms with Crippen LogP contribution >= 0.6 is 0 Å². The standard InChI is InChI=1S/C18H24N2/c19-13-7-12-18(20,14-16-8-3-1-4-9-16)15-17-10-5-2-6-11-17/h1-6,8-11H,7,12-15,19-20H2. The molecule has 20 heavy (non-hydrogen) atoms. The molecule has 4 N–H and O–H groups in total. The fourth-order valence-electron chi connectivity index (χ4n) is 2.70.